The number of hydrogen-bond acceptors (Lipinski definition) is 4. The van der Waals surface area contributed by atoms with Gasteiger partial charge >= 0.3 is 12.0 Å². The number of carboxylic acid groups (broad SMARTS) is 1. The maximum Gasteiger partial charge on any atom is 0.323 e. The topological polar surface area (TPSA) is 133 Å². The lowest BCUT2D eigenvalue weighted by Crippen LogP contribution is -2.53. The molecule has 0 aromatic heterocycles. The van der Waals surface area contributed by atoms with E-state index < -0.39 is 37.0 Å². The average molecular weight is 286 g/mol. The summed E-state index contributed by atoms with van der Waals surface area (Å²) in [6.07, 6.45) is 1.14. The summed E-state index contributed by atoms with van der Waals surface area (Å²) in [7, 11) is 1.46. The monoisotopic (exact) mass is 286 g/mol. The van der Waals surface area contributed by atoms with Crippen molar-refractivity contribution in [2.45, 2.75) is 18.9 Å². The number of amides is 4. The Morgan fingerprint density at radius 1 is 1.35 bits per heavy atom. The first kappa shape index (κ1) is 15.7. The third kappa shape index (κ3) is 3.84. The minimum absolute atomic E-state index is 0.315. The zero-order valence-electron chi connectivity index (χ0n) is 11.2. The number of carbonyl (C=O) groups is 4. The molecule has 0 aliphatic carbocycles. The van der Waals surface area contributed by atoms with Crippen LogP contribution in [0.15, 0.2) is 0 Å². The summed E-state index contributed by atoms with van der Waals surface area (Å²) in [5.74, 6) is -2.38. The van der Waals surface area contributed by atoms with Crippen LogP contribution in [0.2, 0.25) is 0 Å². The van der Waals surface area contributed by atoms with Gasteiger partial charge in [0, 0.05) is 13.6 Å². The van der Waals surface area contributed by atoms with E-state index in [-0.39, 0.29) is 5.91 Å². The summed E-state index contributed by atoms with van der Waals surface area (Å²) in [5, 5.41) is 11.2. The van der Waals surface area contributed by atoms with Crippen LogP contribution in [0.25, 0.3) is 0 Å². The van der Waals surface area contributed by atoms with E-state index in [0.29, 0.717) is 19.4 Å². The maximum absolute atomic E-state index is 12.2. The molecule has 0 saturated carbocycles. The van der Waals surface area contributed by atoms with Crippen molar-refractivity contribution in [3.8, 4) is 0 Å². The van der Waals surface area contributed by atoms with Crippen LogP contribution >= 0.6 is 0 Å². The van der Waals surface area contributed by atoms with Crippen LogP contribution in [-0.2, 0) is 14.4 Å². The van der Waals surface area contributed by atoms with Crippen molar-refractivity contribution in [3.63, 3.8) is 0 Å². The van der Waals surface area contributed by atoms with Crippen LogP contribution < -0.4 is 11.1 Å². The molecule has 9 heteroatoms. The van der Waals surface area contributed by atoms with Crippen molar-refractivity contribution in [3.05, 3.63) is 0 Å². The van der Waals surface area contributed by atoms with Crippen LogP contribution in [0, 0.1) is 0 Å². The molecule has 1 aliphatic heterocycles. The first-order valence-electron chi connectivity index (χ1n) is 6.14. The first-order chi connectivity index (χ1) is 9.36. The number of likely N-dealkylation sites (tertiary alicyclic amines) is 1. The van der Waals surface area contributed by atoms with Gasteiger partial charge in [-0.1, -0.05) is 0 Å². The van der Waals surface area contributed by atoms with Crippen molar-refractivity contribution < 1.29 is 24.3 Å². The number of aliphatic carboxylic acids is 1. The lowest BCUT2D eigenvalue weighted by Gasteiger charge is -2.29. The summed E-state index contributed by atoms with van der Waals surface area (Å²) in [6.45, 7) is -0.799. The summed E-state index contributed by atoms with van der Waals surface area (Å²) < 4.78 is 0. The number of nitrogens with one attached hydrogen (secondary N) is 1. The second-order valence-corrected chi connectivity index (χ2v) is 4.46. The van der Waals surface area contributed by atoms with E-state index in [1.54, 1.807) is 0 Å². The van der Waals surface area contributed by atoms with Crippen molar-refractivity contribution in [2.24, 2.45) is 5.73 Å². The van der Waals surface area contributed by atoms with Gasteiger partial charge in [-0.25, -0.2) is 4.79 Å². The molecule has 4 N–H and O–H groups in total. The third-order valence-corrected chi connectivity index (χ3v) is 2.99. The fourth-order valence-electron chi connectivity index (χ4n) is 2.16. The molecule has 20 heavy (non-hydrogen) atoms. The fourth-order valence-corrected chi connectivity index (χ4v) is 2.16. The number of likely N-dealkylation sites (N-methyl/N-ethyl adjacent to an activating group) is 1. The van der Waals surface area contributed by atoms with Crippen molar-refractivity contribution in [1.82, 2.24) is 15.1 Å². The van der Waals surface area contributed by atoms with Gasteiger partial charge in [-0.05, 0) is 12.8 Å². The van der Waals surface area contributed by atoms with Gasteiger partial charge in [0.15, 0.2) is 0 Å². The van der Waals surface area contributed by atoms with Crippen molar-refractivity contribution in [1.29, 1.82) is 0 Å². The molecule has 0 bridgehead atoms. The van der Waals surface area contributed by atoms with Gasteiger partial charge < -0.3 is 26.0 Å². The number of carboxylic acids is 1. The molecule has 0 aromatic carbocycles. The lowest BCUT2D eigenvalue weighted by molar-refractivity contribution is -0.138. The Morgan fingerprint density at radius 3 is 2.50 bits per heavy atom. The molecule has 9 nitrogen and oxygen atoms in total. The highest BCUT2D eigenvalue weighted by atomic mass is 16.4. The Labute approximate surface area is 115 Å². The first-order valence-corrected chi connectivity index (χ1v) is 6.14. The number of rotatable bonds is 5. The van der Waals surface area contributed by atoms with Gasteiger partial charge in [-0.2, -0.15) is 0 Å². The summed E-state index contributed by atoms with van der Waals surface area (Å²) in [6, 6.07) is -1.31. The highest BCUT2D eigenvalue weighted by Gasteiger charge is 2.36. The summed E-state index contributed by atoms with van der Waals surface area (Å²) >= 11 is 0. The molecule has 1 unspecified atom stereocenters. The zero-order valence-corrected chi connectivity index (χ0v) is 11.2. The van der Waals surface area contributed by atoms with Crippen molar-refractivity contribution >= 4 is 23.8 Å². The lowest BCUT2D eigenvalue weighted by atomic mass is 10.2. The van der Waals surface area contributed by atoms with Crippen LogP contribution in [-0.4, -0.2) is 71.4 Å². The van der Waals surface area contributed by atoms with E-state index in [1.807, 2.05) is 0 Å². The molecule has 0 radical (unpaired) electrons. The number of primary amides is 1. The molecule has 0 spiro atoms. The van der Waals surface area contributed by atoms with E-state index in [1.165, 1.54) is 11.9 Å². The molecular weight excluding hydrogens is 268 g/mol. The smallest absolute Gasteiger partial charge is 0.323 e. The van der Waals surface area contributed by atoms with Gasteiger partial charge in [0.05, 0.1) is 0 Å². The Balaban J connectivity index is 2.84. The highest BCUT2D eigenvalue weighted by Crippen LogP contribution is 2.19. The van der Waals surface area contributed by atoms with Crippen LogP contribution in [0.1, 0.15) is 12.8 Å². The van der Waals surface area contributed by atoms with Gasteiger partial charge in [-0.15, -0.1) is 0 Å². The van der Waals surface area contributed by atoms with Crippen LogP contribution in [0.5, 0.6) is 0 Å². The van der Waals surface area contributed by atoms with E-state index >= 15 is 0 Å². The van der Waals surface area contributed by atoms with Gasteiger partial charge in [0.25, 0.3) is 0 Å². The molecule has 4 amide bonds. The molecule has 112 valence electrons. The van der Waals surface area contributed by atoms with Crippen LogP contribution in [0.3, 0.4) is 0 Å². The maximum atomic E-state index is 12.2. The largest absolute Gasteiger partial charge is 0.480 e. The number of hydrogen-bond donors (Lipinski definition) is 3. The Bertz CT molecular complexity index is 409. The third-order valence-electron chi connectivity index (χ3n) is 2.99. The molecule has 0 aromatic rings. The molecular formula is C11H18N4O5. The summed E-state index contributed by atoms with van der Waals surface area (Å²) in [4.78, 5) is 47.7. The van der Waals surface area contributed by atoms with E-state index in [2.05, 4.69) is 5.32 Å². The number of nitrogens with zero attached hydrogens (tertiary/aromatic N) is 2. The molecule has 1 aliphatic rings. The quantitative estimate of drug-likeness (QED) is 0.547. The number of urea groups is 1. The normalized spacial score (nSPS) is 17.6. The second-order valence-electron chi connectivity index (χ2n) is 4.46. The van der Waals surface area contributed by atoms with Crippen LogP contribution in [0.4, 0.5) is 4.79 Å². The fraction of sp³-hybridized carbons (Fsp3) is 0.636. The predicted molar refractivity (Wildman–Crippen MR) is 67.6 cm³/mol. The van der Waals surface area contributed by atoms with Gasteiger partial charge in [0.2, 0.25) is 11.8 Å². The summed E-state index contributed by atoms with van der Waals surface area (Å²) in [5.41, 5.74) is 5.00. The molecule has 1 fully saturated rings. The van der Waals surface area contributed by atoms with E-state index in [9.17, 15) is 19.2 Å². The van der Waals surface area contributed by atoms with Gasteiger partial charge in [0.1, 0.15) is 19.1 Å². The number of nitrogens with two attached hydrogens (primary N) is 1. The molecule has 1 atom stereocenters. The SMILES string of the molecule is CNC(=O)C1CCCN1C(=O)N(CC(N)=O)CC(=O)O. The van der Waals surface area contributed by atoms with Crippen molar-refractivity contribution in [2.75, 3.05) is 26.7 Å². The second kappa shape index (κ2) is 6.73. The van der Waals surface area contributed by atoms with E-state index in [0.717, 1.165) is 4.90 Å². The standard InChI is InChI=1S/C11H18N4O5/c1-13-10(19)7-3-2-4-15(7)11(20)14(5-8(12)16)6-9(17)18/h7H,2-6H2,1H3,(H2,12,16)(H,13,19)(H,17,18). The Morgan fingerprint density at radius 2 is 2.00 bits per heavy atom. The van der Waals surface area contributed by atoms with Gasteiger partial charge in [-0.3, -0.25) is 14.4 Å². The average Bonchev–Trinajstić information content (AvgIpc) is 2.84. The predicted octanol–water partition coefficient (Wildman–Crippen LogP) is -1.81. The highest BCUT2D eigenvalue weighted by molar-refractivity contribution is 5.90. The molecule has 1 rings (SSSR count). The molecule has 1 saturated heterocycles. The molecule has 1 heterocycles. The zero-order chi connectivity index (χ0) is 15.3. The Hall–Kier alpha value is -2.32. The minimum atomic E-state index is -1.25. The van der Waals surface area contributed by atoms with E-state index in [4.69, 9.17) is 10.8 Å². The Kier molecular flexibility index (Phi) is 5.30. The minimum Gasteiger partial charge on any atom is -0.480 e. The number of carbonyl (C=O) groups excluding carboxylic acids is 3.